The largest absolute Gasteiger partial charge is 0.325 e. The highest BCUT2D eigenvalue weighted by atomic mass is 79.9. The average molecular weight is 413 g/mol. The van der Waals surface area contributed by atoms with Gasteiger partial charge < -0.3 is 10.6 Å². The molecule has 1 fully saturated rings. The lowest BCUT2D eigenvalue weighted by Crippen LogP contribution is -2.46. The Morgan fingerprint density at radius 1 is 1.32 bits per heavy atom. The molecule has 9 heteroatoms. The Balaban J connectivity index is 0.00000242. The van der Waals surface area contributed by atoms with Crippen LogP contribution in [0.3, 0.4) is 0 Å². The normalized spacial score (nSPS) is 16.0. The van der Waals surface area contributed by atoms with E-state index in [2.05, 4.69) is 26.6 Å². The Kier molecular flexibility index (Phi) is 6.82. The quantitative estimate of drug-likeness (QED) is 0.792. The van der Waals surface area contributed by atoms with E-state index >= 15 is 0 Å². The van der Waals surface area contributed by atoms with Gasteiger partial charge in [-0.3, -0.25) is 4.79 Å². The lowest BCUT2D eigenvalue weighted by Gasteiger charge is -2.27. The highest BCUT2D eigenvalue weighted by molar-refractivity contribution is 9.10. The first kappa shape index (κ1) is 19.4. The van der Waals surface area contributed by atoms with Crippen LogP contribution in [0.2, 0.25) is 0 Å². The second-order valence-corrected chi connectivity index (χ2v) is 7.69. The molecule has 0 aromatic heterocycles. The number of aryl methyl sites for hydroxylation is 1. The molecule has 0 radical (unpaired) electrons. The van der Waals surface area contributed by atoms with Crippen molar-refractivity contribution < 1.29 is 13.2 Å². The second kappa shape index (κ2) is 7.74. The molecule has 124 valence electrons. The third kappa shape index (κ3) is 4.20. The molecule has 0 atom stereocenters. The van der Waals surface area contributed by atoms with Gasteiger partial charge in [0.25, 0.3) is 0 Å². The highest BCUT2D eigenvalue weighted by Gasteiger charge is 2.28. The van der Waals surface area contributed by atoms with Crippen LogP contribution >= 0.6 is 28.3 Å². The van der Waals surface area contributed by atoms with Gasteiger partial charge in [0.2, 0.25) is 15.9 Å². The van der Waals surface area contributed by atoms with Crippen LogP contribution in [-0.4, -0.2) is 44.8 Å². The molecule has 1 aliphatic rings. The summed E-state index contributed by atoms with van der Waals surface area (Å²) in [6, 6.07) is 3.22. The van der Waals surface area contributed by atoms with Gasteiger partial charge in [0.1, 0.15) is 0 Å². The van der Waals surface area contributed by atoms with Gasteiger partial charge in [-0.2, -0.15) is 4.31 Å². The average Bonchev–Trinajstić information content (AvgIpc) is 2.42. The van der Waals surface area contributed by atoms with Crippen molar-refractivity contribution in [3.8, 4) is 0 Å². The van der Waals surface area contributed by atoms with Crippen molar-refractivity contribution >= 4 is 50.0 Å². The van der Waals surface area contributed by atoms with E-state index in [1.165, 1.54) is 11.2 Å². The monoisotopic (exact) mass is 411 g/mol. The van der Waals surface area contributed by atoms with Crippen LogP contribution in [0, 0.1) is 6.92 Å². The molecule has 2 N–H and O–H groups in total. The zero-order valence-corrected chi connectivity index (χ0v) is 15.6. The van der Waals surface area contributed by atoms with Gasteiger partial charge in [-0.25, -0.2) is 8.42 Å². The van der Waals surface area contributed by atoms with Crippen molar-refractivity contribution in [3.05, 3.63) is 22.2 Å². The molecule has 0 saturated carbocycles. The predicted molar refractivity (Wildman–Crippen MR) is 92.1 cm³/mol. The topological polar surface area (TPSA) is 78.5 Å². The minimum atomic E-state index is -3.51. The number of nitrogens with one attached hydrogen (secondary N) is 2. The molecule has 1 aromatic carbocycles. The minimum Gasteiger partial charge on any atom is -0.325 e. The fourth-order valence-corrected chi connectivity index (χ4v) is 4.52. The summed E-state index contributed by atoms with van der Waals surface area (Å²) >= 11 is 3.32. The van der Waals surface area contributed by atoms with E-state index in [0.29, 0.717) is 41.9 Å². The van der Waals surface area contributed by atoms with Crippen molar-refractivity contribution in [1.82, 2.24) is 9.62 Å². The number of carbonyl (C=O) groups excluding carboxylic acids is 1. The van der Waals surface area contributed by atoms with Crippen LogP contribution in [0.4, 0.5) is 5.69 Å². The molecule has 0 spiro atoms. The lowest BCUT2D eigenvalue weighted by atomic mass is 10.2. The number of hydrogen-bond acceptors (Lipinski definition) is 4. The number of rotatable bonds is 3. The molecule has 0 unspecified atom stereocenters. The van der Waals surface area contributed by atoms with Crippen molar-refractivity contribution in [2.75, 3.05) is 31.5 Å². The number of hydrogen-bond donors (Lipinski definition) is 2. The van der Waals surface area contributed by atoms with Crippen LogP contribution in [0.25, 0.3) is 0 Å². The number of carbonyl (C=O) groups is 1. The summed E-state index contributed by atoms with van der Waals surface area (Å²) in [5.74, 6) is -0.201. The Morgan fingerprint density at radius 3 is 2.45 bits per heavy atom. The number of benzene rings is 1. The van der Waals surface area contributed by atoms with E-state index in [-0.39, 0.29) is 23.2 Å². The Hall–Kier alpha value is -0.670. The van der Waals surface area contributed by atoms with E-state index in [1.54, 1.807) is 19.1 Å². The van der Waals surface area contributed by atoms with Crippen molar-refractivity contribution in [1.29, 1.82) is 0 Å². The molecule has 6 nitrogen and oxygen atoms in total. The zero-order chi connectivity index (χ0) is 15.6. The third-order valence-electron chi connectivity index (χ3n) is 3.27. The standard InChI is InChI=1S/C13H18BrN3O3S.ClH/c1-9-7-12(16-10(2)18)11(14)8-13(9)21(19,20)17-5-3-15-4-6-17;/h7-8,15H,3-6H2,1-2H3,(H,16,18);1H. The second-order valence-electron chi connectivity index (χ2n) is 4.93. The molecule has 1 saturated heterocycles. The first-order valence-electron chi connectivity index (χ1n) is 6.61. The third-order valence-corrected chi connectivity index (χ3v) is 5.97. The summed E-state index contributed by atoms with van der Waals surface area (Å²) in [6.07, 6.45) is 0. The summed E-state index contributed by atoms with van der Waals surface area (Å²) in [5, 5.41) is 5.80. The smallest absolute Gasteiger partial charge is 0.243 e. The van der Waals surface area contributed by atoms with Crippen molar-refractivity contribution in [3.63, 3.8) is 0 Å². The zero-order valence-electron chi connectivity index (χ0n) is 12.3. The first-order valence-corrected chi connectivity index (χ1v) is 8.84. The summed E-state index contributed by atoms with van der Waals surface area (Å²) in [7, 11) is -3.51. The molecule has 22 heavy (non-hydrogen) atoms. The fourth-order valence-electron chi connectivity index (χ4n) is 2.25. The highest BCUT2D eigenvalue weighted by Crippen LogP contribution is 2.30. The van der Waals surface area contributed by atoms with Gasteiger partial charge in [-0.15, -0.1) is 12.4 Å². The van der Waals surface area contributed by atoms with Crippen molar-refractivity contribution in [2.24, 2.45) is 0 Å². The first-order chi connectivity index (χ1) is 9.82. The van der Waals surface area contributed by atoms with Crippen molar-refractivity contribution in [2.45, 2.75) is 18.7 Å². The van der Waals surface area contributed by atoms with Crippen LogP contribution in [0.1, 0.15) is 12.5 Å². The van der Waals surface area contributed by atoms with E-state index in [9.17, 15) is 13.2 Å². The SMILES string of the molecule is CC(=O)Nc1cc(C)c(S(=O)(=O)N2CCNCC2)cc1Br.Cl. The molecule has 1 aliphatic heterocycles. The van der Waals surface area contributed by atoms with Crippen LogP contribution in [0.5, 0.6) is 0 Å². The minimum absolute atomic E-state index is 0. The number of nitrogens with zero attached hydrogens (tertiary/aromatic N) is 1. The number of sulfonamides is 1. The van der Waals surface area contributed by atoms with E-state index in [0.717, 1.165) is 0 Å². The maximum atomic E-state index is 12.7. The predicted octanol–water partition coefficient (Wildman–Crippen LogP) is 1.73. The molecule has 1 heterocycles. The molecule has 0 aliphatic carbocycles. The molecular formula is C13H19BrClN3O3S. The van der Waals surface area contributed by atoms with E-state index < -0.39 is 10.0 Å². The summed E-state index contributed by atoms with van der Waals surface area (Å²) in [4.78, 5) is 11.4. The van der Waals surface area contributed by atoms with Gasteiger partial charge in [-0.05, 0) is 40.5 Å². The molecule has 2 rings (SSSR count). The Bertz CT molecular complexity index is 661. The summed E-state index contributed by atoms with van der Waals surface area (Å²) in [6.45, 7) is 5.38. The van der Waals surface area contributed by atoms with E-state index in [4.69, 9.17) is 0 Å². The fraction of sp³-hybridized carbons (Fsp3) is 0.462. The van der Waals surface area contributed by atoms with Gasteiger partial charge >= 0.3 is 0 Å². The van der Waals surface area contributed by atoms with Gasteiger partial charge in [-0.1, -0.05) is 0 Å². The van der Waals surface area contributed by atoms with Gasteiger partial charge in [0.15, 0.2) is 0 Å². The molecular weight excluding hydrogens is 394 g/mol. The Morgan fingerprint density at radius 2 is 1.91 bits per heavy atom. The number of anilines is 1. The molecule has 1 aromatic rings. The molecule has 0 bridgehead atoms. The van der Waals surface area contributed by atoms with Gasteiger partial charge in [0, 0.05) is 37.6 Å². The van der Waals surface area contributed by atoms with Crippen LogP contribution in [-0.2, 0) is 14.8 Å². The van der Waals surface area contributed by atoms with E-state index in [1.807, 2.05) is 0 Å². The maximum absolute atomic E-state index is 12.7. The van der Waals surface area contributed by atoms with Crippen LogP contribution < -0.4 is 10.6 Å². The Labute approximate surface area is 145 Å². The lowest BCUT2D eigenvalue weighted by molar-refractivity contribution is -0.114. The number of piperazine rings is 1. The number of halogens is 2. The number of amides is 1. The van der Waals surface area contributed by atoms with Gasteiger partial charge in [0.05, 0.1) is 10.6 Å². The summed E-state index contributed by atoms with van der Waals surface area (Å²) in [5.41, 5.74) is 1.18. The van der Waals surface area contributed by atoms with Crippen LogP contribution in [0.15, 0.2) is 21.5 Å². The maximum Gasteiger partial charge on any atom is 0.243 e. The summed E-state index contributed by atoms with van der Waals surface area (Å²) < 4.78 is 27.4. The molecule has 1 amide bonds.